The van der Waals surface area contributed by atoms with Crippen LogP contribution in [0.2, 0.25) is 0 Å². The normalized spacial score (nSPS) is 11.2. The van der Waals surface area contributed by atoms with Gasteiger partial charge in [0.1, 0.15) is 0 Å². The fourth-order valence-electron chi connectivity index (χ4n) is 1.69. The number of carboxylic acid groups (broad SMARTS) is 1. The van der Waals surface area contributed by atoms with Crippen LogP contribution in [0.4, 0.5) is 4.79 Å². The lowest BCUT2D eigenvalue weighted by Crippen LogP contribution is -2.50. The number of amides is 2. The molecular formula is C13H21N3O3S. The molecule has 0 aromatic carbocycles. The number of aromatic nitrogens is 1. The predicted molar refractivity (Wildman–Crippen MR) is 77.8 cm³/mol. The van der Waals surface area contributed by atoms with Gasteiger partial charge in [-0.15, -0.1) is 11.3 Å². The second kappa shape index (κ2) is 6.69. The SMILES string of the molecule is Cc1ncc(CNC(=O)N(CCC(=O)O)C(C)(C)C)s1. The molecule has 6 nitrogen and oxygen atoms in total. The lowest BCUT2D eigenvalue weighted by atomic mass is 10.1. The molecule has 1 aromatic rings. The number of carbonyl (C=O) groups is 2. The van der Waals surface area contributed by atoms with Crippen molar-refractivity contribution in [3.63, 3.8) is 0 Å². The van der Waals surface area contributed by atoms with Crippen LogP contribution < -0.4 is 5.32 Å². The first-order valence-corrected chi connectivity index (χ1v) is 7.20. The summed E-state index contributed by atoms with van der Waals surface area (Å²) in [7, 11) is 0. The number of hydrogen-bond acceptors (Lipinski definition) is 4. The van der Waals surface area contributed by atoms with Gasteiger partial charge in [-0.3, -0.25) is 4.79 Å². The maximum absolute atomic E-state index is 12.2. The van der Waals surface area contributed by atoms with E-state index < -0.39 is 11.5 Å². The molecule has 0 unspecified atom stereocenters. The molecule has 2 N–H and O–H groups in total. The number of nitrogens with one attached hydrogen (secondary N) is 1. The number of thiazole rings is 1. The van der Waals surface area contributed by atoms with E-state index in [9.17, 15) is 9.59 Å². The lowest BCUT2D eigenvalue weighted by Gasteiger charge is -2.35. The Morgan fingerprint density at radius 2 is 2.10 bits per heavy atom. The van der Waals surface area contributed by atoms with Crippen molar-refractivity contribution in [3.8, 4) is 0 Å². The van der Waals surface area contributed by atoms with E-state index in [0.29, 0.717) is 6.54 Å². The highest BCUT2D eigenvalue weighted by molar-refractivity contribution is 7.11. The molecule has 7 heteroatoms. The monoisotopic (exact) mass is 299 g/mol. The van der Waals surface area contributed by atoms with Crippen LogP contribution in [0, 0.1) is 6.92 Å². The van der Waals surface area contributed by atoms with Crippen molar-refractivity contribution < 1.29 is 14.7 Å². The minimum atomic E-state index is -0.912. The van der Waals surface area contributed by atoms with Crippen molar-refractivity contribution in [3.05, 3.63) is 16.1 Å². The molecule has 0 fully saturated rings. The third-order valence-corrected chi connectivity index (χ3v) is 3.60. The maximum Gasteiger partial charge on any atom is 0.318 e. The van der Waals surface area contributed by atoms with Gasteiger partial charge in [0.25, 0.3) is 0 Å². The Hall–Kier alpha value is -1.63. The number of rotatable bonds is 5. The maximum atomic E-state index is 12.2. The van der Waals surface area contributed by atoms with E-state index in [-0.39, 0.29) is 19.0 Å². The largest absolute Gasteiger partial charge is 0.481 e. The summed E-state index contributed by atoms with van der Waals surface area (Å²) >= 11 is 1.53. The Morgan fingerprint density at radius 1 is 1.45 bits per heavy atom. The van der Waals surface area contributed by atoms with E-state index >= 15 is 0 Å². The number of aryl methyl sites for hydroxylation is 1. The number of carboxylic acids is 1. The first kappa shape index (κ1) is 16.4. The topological polar surface area (TPSA) is 82.5 Å². The second-order valence-corrected chi connectivity index (χ2v) is 6.79. The summed E-state index contributed by atoms with van der Waals surface area (Å²) in [5.41, 5.74) is -0.427. The van der Waals surface area contributed by atoms with E-state index in [1.54, 1.807) is 6.20 Å². The molecule has 0 bridgehead atoms. The van der Waals surface area contributed by atoms with E-state index in [4.69, 9.17) is 5.11 Å². The molecule has 112 valence electrons. The molecule has 1 rings (SSSR count). The van der Waals surface area contributed by atoms with Crippen LogP contribution in [0.15, 0.2) is 6.20 Å². The highest BCUT2D eigenvalue weighted by Crippen LogP contribution is 2.15. The predicted octanol–water partition coefficient (Wildman–Crippen LogP) is 2.24. The van der Waals surface area contributed by atoms with Crippen LogP contribution in [-0.2, 0) is 11.3 Å². The molecule has 20 heavy (non-hydrogen) atoms. The number of nitrogens with zero attached hydrogens (tertiary/aromatic N) is 2. The molecule has 1 heterocycles. The Balaban J connectivity index is 2.61. The zero-order chi connectivity index (χ0) is 15.3. The standard InChI is InChI=1S/C13H21N3O3S/c1-9-14-7-10(20-9)8-15-12(19)16(13(2,3)4)6-5-11(17)18/h7H,5-6,8H2,1-4H3,(H,15,19)(H,17,18). The average Bonchev–Trinajstić information content (AvgIpc) is 2.70. The van der Waals surface area contributed by atoms with Gasteiger partial charge >= 0.3 is 12.0 Å². The van der Waals surface area contributed by atoms with Gasteiger partial charge in [-0.1, -0.05) is 0 Å². The number of carbonyl (C=O) groups excluding carboxylic acids is 1. The molecule has 0 radical (unpaired) electrons. The number of aliphatic carboxylic acids is 1. The summed E-state index contributed by atoms with van der Waals surface area (Å²) in [6.45, 7) is 8.14. The smallest absolute Gasteiger partial charge is 0.318 e. The minimum absolute atomic E-state index is 0.0651. The number of urea groups is 1. The van der Waals surface area contributed by atoms with Gasteiger partial charge in [-0.25, -0.2) is 9.78 Å². The molecule has 0 saturated carbocycles. The fourth-order valence-corrected chi connectivity index (χ4v) is 2.43. The van der Waals surface area contributed by atoms with Crippen LogP contribution in [0.5, 0.6) is 0 Å². The molecule has 1 aromatic heterocycles. The van der Waals surface area contributed by atoms with Gasteiger partial charge in [0.05, 0.1) is 18.0 Å². The molecule has 0 aliphatic carbocycles. The highest BCUT2D eigenvalue weighted by Gasteiger charge is 2.26. The molecular weight excluding hydrogens is 278 g/mol. The summed E-state index contributed by atoms with van der Waals surface area (Å²) in [5, 5.41) is 12.5. The summed E-state index contributed by atoms with van der Waals surface area (Å²) in [5.74, 6) is -0.912. The quantitative estimate of drug-likeness (QED) is 0.873. The highest BCUT2D eigenvalue weighted by atomic mass is 32.1. The van der Waals surface area contributed by atoms with Crippen LogP contribution in [-0.4, -0.2) is 39.1 Å². The summed E-state index contributed by atoms with van der Waals surface area (Å²) in [4.78, 5) is 29.5. The van der Waals surface area contributed by atoms with Crippen LogP contribution in [0.3, 0.4) is 0 Å². The Kier molecular flexibility index (Phi) is 5.50. The Labute approximate surface area is 122 Å². The summed E-state index contributed by atoms with van der Waals surface area (Å²) in [6.07, 6.45) is 1.67. The summed E-state index contributed by atoms with van der Waals surface area (Å²) in [6, 6.07) is -0.259. The van der Waals surface area contributed by atoms with Crippen molar-refractivity contribution in [1.29, 1.82) is 0 Å². The third kappa shape index (κ3) is 5.16. The first-order valence-electron chi connectivity index (χ1n) is 6.38. The minimum Gasteiger partial charge on any atom is -0.481 e. The van der Waals surface area contributed by atoms with Crippen LogP contribution in [0.25, 0.3) is 0 Å². The van der Waals surface area contributed by atoms with Gasteiger partial charge in [0, 0.05) is 23.2 Å². The van der Waals surface area contributed by atoms with E-state index in [1.165, 1.54) is 16.2 Å². The second-order valence-electron chi connectivity index (χ2n) is 5.47. The van der Waals surface area contributed by atoms with Crippen molar-refractivity contribution in [2.45, 2.75) is 46.2 Å². The average molecular weight is 299 g/mol. The molecule has 0 spiro atoms. The van der Waals surface area contributed by atoms with Gasteiger partial charge in [0.2, 0.25) is 0 Å². The number of hydrogen-bond donors (Lipinski definition) is 2. The van der Waals surface area contributed by atoms with Crippen molar-refractivity contribution in [1.82, 2.24) is 15.2 Å². The zero-order valence-electron chi connectivity index (χ0n) is 12.3. The summed E-state index contributed by atoms with van der Waals surface area (Å²) < 4.78 is 0. The van der Waals surface area contributed by atoms with Crippen molar-refractivity contribution in [2.24, 2.45) is 0 Å². The van der Waals surface area contributed by atoms with Crippen molar-refractivity contribution in [2.75, 3.05) is 6.54 Å². The van der Waals surface area contributed by atoms with Crippen molar-refractivity contribution >= 4 is 23.3 Å². The van der Waals surface area contributed by atoms with Gasteiger partial charge in [0.15, 0.2) is 0 Å². The van der Waals surface area contributed by atoms with E-state index in [2.05, 4.69) is 10.3 Å². The molecule has 0 atom stereocenters. The molecule has 0 aliphatic heterocycles. The fraction of sp³-hybridized carbons (Fsp3) is 0.615. The molecule has 2 amide bonds. The van der Waals surface area contributed by atoms with E-state index in [1.807, 2.05) is 27.7 Å². The Morgan fingerprint density at radius 3 is 2.55 bits per heavy atom. The van der Waals surface area contributed by atoms with Gasteiger partial charge < -0.3 is 15.3 Å². The Bertz CT molecular complexity index is 479. The van der Waals surface area contributed by atoms with Crippen LogP contribution >= 0.6 is 11.3 Å². The zero-order valence-corrected chi connectivity index (χ0v) is 13.1. The van der Waals surface area contributed by atoms with E-state index in [0.717, 1.165) is 9.88 Å². The van der Waals surface area contributed by atoms with Gasteiger partial charge in [-0.2, -0.15) is 0 Å². The lowest BCUT2D eigenvalue weighted by molar-refractivity contribution is -0.137. The first-order chi connectivity index (χ1) is 9.20. The van der Waals surface area contributed by atoms with Crippen LogP contribution in [0.1, 0.15) is 37.1 Å². The van der Waals surface area contributed by atoms with Gasteiger partial charge in [-0.05, 0) is 27.7 Å². The molecule has 0 saturated heterocycles. The third-order valence-electron chi connectivity index (χ3n) is 2.69. The molecule has 0 aliphatic rings.